The zero-order valence-corrected chi connectivity index (χ0v) is 31.7. The molecule has 12 nitrogen and oxygen atoms in total. The number of aliphatic hydroxyl groups excluding tert-OH is 1. The molecule has 3 saturated heterocycles. The van der Waals surface area contributed by atoms with Crippen molar-refractivity contribution in [3.63, 3.8) is 0 Å². The molecule has 0 aromatic heterocycles. The molecule has 3 unspecified atom stereocenters. The minimum atomic E-state index is -0.671. The number of para-hydroxylation sites is 3. The number of rotatable bonds is 14. The highest BCUT2D eigenvalue weighted by atomic mass is 16.7. The van der Waals surface area contributed by atoms with E-state index in [1.165, 1.54) is 0 Å². The van der Waals surface area contributed by atoms with Gasteiger partial charge in [-0.25, -0.2) is 0 Å². The summed E-state index contributed by atoms with van der Waals surface area (Å²) in [5.74, 6) is -0.101. The third-order valence-corrected chi connectivity index (χ3v) is 11.2. The summed E-state index contributed by atoms with van der Waals surface area (Å²) in [6.07, 6.45) is 3.77. The van der Waals surface area contributed by atoms with Gasteiger partial charge in [-0.3, -0.25) is 14.4 Å². The molecule has 3 fully saturated rings. The maximum Gasteiger partial charge on any atom is 0.247 e. The number of nitrogens with zero attached hydrogens (tertiary/aromatic N) is 2. The van der Waals surface area contributed by atoms with Crippen LogP contribution in [0, 0.1) is 0 Å². The van der Waals surface area contributed by atoms with Gasteiger partial charge < -0.3 is 46.1 Å². The Morgan fingerprint density at radius 3 is 2.27 bits per heavy atom. The van der Waals surface area contributed by atoms with E-state index in [1.807, 2.05) is 78.9 Å². The van der Waals surface area contributed by atoms with Crippen LogP contribution < -0.4 is 26.6 Å². The number of unbranched alkanes of at least 4 members (excludes halogenated alkanes) is 2. The first-order valence-corrected chi connectivity index (χ1v) is 19.7. The minimum Gasteiger partial charge on any atom is -0.397 e. The smallest absolute Gasteiger partial charge is 0.247 e. The topological polar surface area (TPSA) is 158 Å². The highest BCUT2D eigenvalue weighted by molar-refractivity contribution is 5.94. The molecule has 0 radical (unpaired) electrons. The van der Waals surface area contributed by atoms with Gasteiger partial charge in [-0.1, -0.05) is 73.2 Å². The molecule has 1 spiro atoms. The van der Waals surface area contributed by atoms with Gasteiger partial charge in [-0.15, -0.1) is 0 Å². The van der Waals surface area contributed by atoms with Crippen molar-refractivity contribution in [2.45, 2.75) is 82.0 Å². The lowest BCUT2D eigenvalue weighted by Gasteiger charge is -2.45. The third kappa shape index (κ3) is 9.39. The molecule has 294 valence electrons. The first kappa shape index (κ1) is 39.0. The molecule has 0 saturated carbocycles. The van der Waals surface area contributed by atoms with E-state index in [1.54, 1.807) is 12.1 Å². The fourth-order valence-electron chi connectivity index (χ4n) is 8.02. The number of hydrogen-bond donors (Lipinski definition) is 5. The normalized spacial score (nSPS) is 20.8. The predicted octanol–water partition coefficient (Wildman–Crippen LogP) is 6.26. The van der Waals surface area contributed by atoms with Crippen LogP contribution in [0.4, 0.5) is 22.7 Å². The summed E-state index contributed by atoms with van der Waals surface area (Å²) >= 11 is 0. The van der Waals surface area contributed by atoms with Crippen molar-refractivity contribution >= 4 is 40.5 Å². The molecule has 3 atom stereocenters. The maximum atomic E-state index is 13.3. The monoisotopic (exact) mass is 760 g/mol. The number of carbonyl (C=O) groups is 3. The fourth-order valence-corrected chi connectivity index (χ4v) is 8.02. The van der Waals surface area contributed by atoms with Crippen molar-refractivity contribution in [3.05, 3.63) is 120 Å². The molecule has 7 rings (SSSR count). The van der Waals surface area contributed by atoms with Crippen molar-refractivity contribution in [3.8, 4) is 0 Å². The second-order valence-electron chi connectivity index (χ2n) is 15.0. The van der Waals surface area contributed by atoms with Crippen molar-refractivity contribution in [2.24, 2.45) is 0 Å². The number of aliphatic hydroxyl groups is 1. The van der Waals surface area contributed by atoms with Crippen molar-refractivity contribution in [1.82, 2.24) is 10.2 Å². The highest BCUT2D eigenvalue weighted by Crippen LogP contribution is 2.40. The first-order valence-electron chi connectivity index (χ1n) is 19.7. The Kier molecular flexibility index (Phi) is 12.6. The van der Waals surface area contributed by atoms with E-state index in [0.29, 0.717) is 75.2 Å². The maximum absolute atomic E-state index is 13.3. The number of benzene rings is 4. The van der Waals surface area contributed by atoms with Crippen LogP contribution in [0.5, 0.6) is 0 Å². The van der Waals surface area contributed by atoms with Crippen LogP contribution in [-0.2, 0) is 30.5 Å². The van der Waals surface area contributed by atoms with E-state index in [4.69, 9.17) is 15.2 Å². The van der Waals surface area contributed by atoms with Crippen LogP contribution in [0.25, 0.3) is 0 Å². The number of piperidine rings is 1. The van der Waals surface area contributed by atoms with Gasteiger partial charge in [0.1, 0.15) is 5.54 Å². The molecule has 3 aliphatic rings. The van der Waals surface area contributed by atoms with Crippen LogP contribution in [0.15, 0.2) is 103 Å². The van der Waals surface area contributed by atoms with Gasteiger partial charge in [-0.2, -0.15) is 0 Å². The highest BCUT2D eigenvalue weighted by Gasteiger charge is 2.50. The van der Waals surface area contributed by atoms with Crippen LogP contribution >= 0.6 is 0 Å². The Morgan fingerprint density at radius 1 is 0.821 bits per heavy atom. The number of ether oxygens (including phenoxy) is 2. The average molecular weight is 761 g/mol. The number of nitrogen functional groups attached to an aromatic ring is 1. The molecule has 3 heterocycles. The summed E-state index contributed by atoms with van der Waals surface area (Å²) in [5, 5.41) is 18.6. The Hall–Kier alpha value is -5.27. The lowest BCUT2D eigenvalue weighted by atomic mass is 9.85. The molecular weight excluding hydrogens is 709 g/mol. The third-order valence-electron chi connectivity index (χ3n) is 11.2. The SMILES string of the molecule is Nc1ccccc1NC(=O)CCCCCC(=O)Nc1cccc(C2OC(CN3CCC4(CC3)C(=O)NCN4c3ccccc3)CC(c3ccc(CO)cc3)O2)c1. The molecule has 4 aromatic carbocycles. The van der Waals surface area contributed by atoms with Gasteiger partial charge in [-0.05, 0) is 73.2 Å². The van der Waals surface area contributed by atoms with Gasteiger partial charge >= 0.3 is 0 Å². The number of anilines is 4. The van der Waals surface area contributed by atoms with Crippen molar-refractivity contribution < 1.29 is 29.0 Å². The number of nitrogens with one attached hydrogen (secondary N) is 3. The number of amides is 3. The Bertz CT molecular complexity index is 1950. The average Bonchev–Trinajstić information content (AvgIpc) is 3.54. The largest absolute Gasteiger partial charge is 0.397 e. The molecule has 3 aliphatic heterocycles. The molecule has 4 aromatic rings. The van der Waals surface area contributed by atoms with E-state index >= 15 is 0 Å². The van der Waals surface area contributed by atoms with Crippen molar-refractivity contribution in [2.75, 3.05) is 47.6 Å². The molecule has 12 heteroatoms. The van der Waals surface area contributed by atoms with E-state index < -0.39 is 11.8 Å². The number of hydrogen-bond acceptors (Lipinski definition) is 9. The van der Waals surface area contributed by atoms with Crippen LogP contribution in [0.2, 0.25) is 0 Å². The van der Waals surface area contributed by atoms with Crippen LogP contribution in [-0.4, -0.2) is 65.7 Å². The van der Waals surface area contributed by atoms with Gasteiger partial charge in [0.05, 0.1) is 36.9 Å². The summed E-state index contributed by atoms with van der Waals surface area (Å²) in [7, 11) is 0. The summed E-state index contributed by atoms with van der Waals surface area (Å²) in [6.45, 7) is 2.68. The Balaban J connectivity index is 0.949. The van der Waals surface area contributed by atoms with Crippen LogP contribution in [0.3, 0.4) is 0 Å². The van der Waals surface area contributed by atoms with Gasteiger partial charge in [0.15, 0.2) is 6.29 Å². The molecular formula is C44H52N6O6. The minimum absolute atomic E-state index is 0.0311. The van der Waals surface area contributed by atoms with Crippen molar-refractivity contribution in [1.29, 1.82) is 0 Å². The second kappa shape index (κ2) is 18.1. The van der Waals surface area contributed by atoms with Gasteiger partial charge in [0, 0.05) is 55.8 Å². The summed E-state index contributed by atoms with van der Waals surface area (Å²) < 4.78 is 13.3. The molecule has 6 N–H and O–H groups in total. The van der Waals surface area contributed by atoms with E-state index in [-0.39, 0.29) is 36.5 Å². The summed E-state index contributed by atoms with van der Waals surface area (Å²) in [5.41, 5.74) is 10.8. The van der Waals surface area contributed by atoms with Crippen LogP contribution in [0.1, 0.15) is 80.5 Å². The second-order valence-corrected chi connectivity index (χ2v) is 15.0. The first-order chi connectivity index (χ1) is 27.3. The number of nitrogens with two attached hydrogens (primary N) is 1. The molecule has 0 bridgehead atoms. The van der Waals surface area contributed by atoms with Gasteiger partial charge in [0.25, 0.3) is 0 Å². The summed E-state index contributed by atoms with van der Waals surface area (Å²) in [6, 6.07) is 32.7. The van der Waals surface area contributed by atoms with E-state index in [2.05, 4.69) is 37.9 Å². The number of likely N-dealkylation sites (tertiary alicyclic amines) is 1. The quantitative estimate of drug-likeness (QED) is 0.0739. The fraction of sp³-hybridized carbons (Fsp3) is 0.386. The van der Waals surface area contributed by atoms with E-state index in [0.717, 1.165) is 41.9 Å². The lowest BCUT2D eigenvalue weighted by Crippen LogP contribution is -2.57. The Morgan fingerprint density at radius 2 is 1.54 bits per heavy atom. The zero-order chi connectivity index (χ0) is 38.9. The lowest BCUT2D eigenvalue weighted by molar-refractivity contribution is -0.253. The summed E-state index contributed by atoms with van der Waals surface area (Å²) in [4.78, 5) is 43.1. The standard InChI is InChI=1S/C44H52N6O6/c45-37-14-7-8-15-38(37)48-41(53)17-6-2-5-16-40(52)47-34-11-9-10-33(26-34)42-55-36(27-39(56-42)32-20-18-31(29-51)19-21-32)28-49-24-22-44(23-25-49)43(54)46-30-50(44)35-12-3-1-4-13-35/h1,3-4,7-15,18-21,26,36,39,42,51H,2,5-6,16-17,22-25,27-30,45H2,(H,46,54)(H,47,52)(H,48,53). The predicted molar refractivity (Wildman–Crippen MR) is 216 cm³/mol. The zero-order valence-electron chi connectivity index (χ0n) is 31.7. The number of carbonyl (C=O) groups excluding carboxylic acids is 3. The van der Waals surface area contributed by atoms with Gasteiger partial charge in [0.2, 0.25) is 17.7 Å². The molecule has 56 heavy (non-hydrogen) atoms. The molecule has 3 amide bonds. The molecule has 0 aliphatic carbocycles. The van der Waals surface area contributed by atoms with E-state index in [9.17, 15) is 19.5 Å². The Labute approximate surface area is 328 Å².